The molecule has 2 aromatic carbocycles. The van der Waals surface area contributed by atoms with Crippen LogP contribution in [0.1, 0.15) is 38.2 Å². The standard InChI is InChI=1S/C24H26N4O3/c1-2-15-14-22(29)27-28-23(15)17-5-8-20-21(13-17)31-24(26-20)16-3-6-18(7-4-16)30-19-9-11-25-12-10-19/h3-8,13,15,19,25H,2,9-12,14H2,1H3,(H,27,29). The number of nitrogens with zero attached hydrogens (tertiary/aromatic N) is 2. The molecule has 1 atom stereocenters. The fourth-order valence-electron chi connectivity index (χ4n) is 4.21. The Kier molecular flexibility index (Phi) is 5.42. The molecule has 160 valence electrons. The fraction of sp³-hybridized carbons (Fsp3) is 0.375. The molecule has 7 nitrogen and oxygen atoms in total. The van der Waals surface area contributed by atoms with Crippen LogP contribution in [0.4, 0.5) is 0 Å². The van der Waals surface area contributed by atoms with Crippen molar-refractivity contribution in [3.8, 4) is 17.2 Å². The van der Waals surface area contributed by atoms with Crippen LogP contribution in [0.3, 0.4) is 0 Å². The first kappa shape index (κ1) is 19.8. The molecule has 2 aliphatic heterocycles. The summed E-state index contributed by atoms with van der Waals surface area (Å²) >= 11 is 0. The molecule has 7 heteroatoms. The molecule has 1 amide bonds. The van der Waals surface area contributed by atoms with Gasteiger partial charge in [-0.25, -0.2) is 10.4 Å². The van der Waals surface area contributed by atoms with Crippen LogP contribution in [0.25, 0.3) is 22.6 Å². The van der Waals surface area contributed by atoms with E-state index in [2.05, 4.69) is 27.8 Å². The second-order valence-electron chi connectivity index (χ2n) is 8.13. The summed E-state index contributed by atoms with van der Waals surface area (Å²) in [6.45, 7) is 4.08. The van der Waals surface area contributed by atoms with Gasteiger partial charge in [0.2, 0.25) is 11.8 Å². The Labute approximate surface area is 180 Å². The van der Waals surface area contributed by atoms with Crippen molar-refractivity contribution in [2.24, 2.45) is 11.0 Å². The van der Waals surface area contributed by atoms with Crippen LogP contribution in [0.2, 0.25) is 0 Å². The summed E-state index contributed by atoms with van der Waals surface area (Å²) in [6.07, 6.45) is 3.65. The molecule has 2 N–H and O–H groups in total. The zero-order valence-electron chi connectivity index (χ0n) is 17.6. The fourth-order valence-corrected chi connectivity index (χ4v) is 4.21. The Morgan fingerprint density at radius 3 is 2.65 bits per heavy atom. The number of fused-ring (bicyclic) bond motifs is 1. The number of carbonyl (C=O) groups excluding carboxylic acids is 1. The van der Waals surface area contributed by atoms with E-state index in [1.165, 1.54) is 0 Å². The molecule has 31 heavy (non-hydrogen) atoms. The lowest BCUT2D eigenvalue weighted by atomic mass is 9.90. The predicted octanol–water partition coefficient (Wildman–Crippen LogP) is 3.88. The van der Waals surface area contributed by atoms with E-state index in [1.54, 1.807) is 0 Å². The summed E-state index contributed by atoms with van der Waals surface area (Å²) in [4.78, 5) is 16.3. The lowest BCUT2D eigenvalue weighted by Crippen LogP contribution is -2.34. The summed E-state index contributed by atoms with van der Waals surface area (Å²) in [5.74, 6) is 1.52. The van der Waals surface area contributed by atoms with Crippen molar-refractivity contribution in [2.45, 2.75) is 38.7 Å². The number of nitrogens with one attached hydrogen (secondary N) is 2. The molecule has 1 unspecified atom stereocenters. The van der Waals surface area contributed by atoms with Crippen molar-refractivity contribution in [2.75, 3.05) is 13.1 Å². The second-order valence-corrected chi connectivity index (χ2v) is 8.13. The van der Waals surface area contributed by atoms with Crippen LogP contribution in [0, 0.1) is 5.92 Å². The van der Waals surface area contributed by atoms with E-state index in [0.717, 1.165) is 60.5 Å². The van der Waals surface area contributed by atoms with Gasteiger partial charge in [0.1, 0.15) is 17.4 Å². The molecule has 1 saturated heterocycles. The molecule has 0 radical (unpaired) electrons. The minimum atomic E-state index is -0.0359. The Bertz CT molecular complexity index is 1110. The molecule has 3 heterocycles. The first-order chi connectivity index (χ1) is 15.2. The van der Waals surface area contributed by atoms with Gasteiger partial charge in [-0.2, -0.15) is 5.10 Å². The number of hydrazone groups is 1. The number of hydrogen-bond acceptors (Lipinski definition) is 6. The van der Waals surface area contributed by atoms with Crippen molar-refractivity contribution in [1.29, 1.82) is 0 Å². The van der Waals surface area contributed by atoms with Gasteiger partial charge in [0, 0.05) is 23.5 Å². The zero-order chi connectivity index (χ0) is 21.2. The third-order valence-corrected chi connectivity index (χ3v) is 5.99. The SMILES string of the molecule is CCC1CC(=O)NN=C1c1ccc2nc(-c3ccc(OC4CCNCC4)cc3)oc2c1. The Hall–Kier alpha value is -3.19. The Balaban J connectivity index is 1.37. The van der Waals surface area contributed by atoms with Crippen LogP contribution in [0.5, 0.6) is 5.75 Å². The number of ether oxygens (including phenoxy) is 1. The average molecular weight is 418 g/mol. The highest BCUT2D eigenvalue weighted by Gasteiger charge is 2.24. The van der Waals surface area contributed by atoms with E-state index in [-0.39, 0.29) is 17.9 Å². The first-order valence-corrected chi connectivity index (χ1v) is 10.9. The third kappa shape index (κ3) is 4.18. The number of hydrogen-bond donors (Lipinski definition) is 2. The molecule has 0 spiro atoms. The summed E-state index contributed by atoms with van der Waals surface area (Å²) in [5, 5.41) is 7.65. The highest BCUT2D eigenvalue weighted by molar-refractivity contribution is 6.07. The van der Waals surface area contributed by atoms with Gasteiger partial charge in [-0.3, -0.25) is 4.79 Å². The summed E-state index contributed by atoms with van der Waals surface area (Å²) < 4.78 is 12.1. The van der Waals surface area contributed by atoms with Gasteiger partial charge < -0.3 is 14.5 Å². The molecule has 1 aromatic heterocycles. The Morgan fingerprint density at radius 2 is 1.87 bits per heavy atom. The number of benzene rings is 2. The van der Waals surface area contributed by atoms with Gasteiger partial charge in [-0.1, -0.05) is 13.0 Å². The number of oxazole rings is 1. The van der Waals surface area contributed by atoms with Gasteiger partial charge in [0.15, 0.2) is 5.58 Å². The summed E-state index contributed by atoms with van der Waals surface area (Å²) in [6, 6.07) is 13.8. The van der Waals surface area contributed by atoms with Crippen LogP contribution in [-0.2, 0) is 4.79 Å². The van der Waals surface area contributed by atoms with E-state index in [9.17, 15) is 4.79 Å². The number of aromatic nitrogens is 1. The summed E-state index contributed by atoms with van der Waals surface area (Å²) in [7, 11) is 0. The number of amides is 1. The second kappa shape index (κ2) is 8.51. The molecule has 0 aliphatic carbocycles. The van der Waals surface area contributed by atoms with E-state index in [4.69, 9.17) is 9.15 Å². The quantitative estimate of drug-likeness (QED) is 0.657. The molecule has 1 fully saturated rings. The van der Waals surface area contributed by atoms with E-state index < -0.39 is 0 Å². The van der Waals surface area contributed by atoms with Crippen LogP contribution < -0.4 is 15.5 Å². The van der Waals surface area contributed by atoms with Gasteiger partial charge >= 0.3 is 0 Å². The van der Waals surface area contributed by atoms with Crippen molar-refractivity contribution >= 4 is 22.7 Å². The molecule has 5 rings (SSSR count). The van der Waals surface area contributed by atoms with Gasteiger partial charge in [-0.15, -0.1) is 0 Å². The van der Waals surface area contributed by atoms with Gasteiger partial charge in [0.25, 0.3) is 0 Å². The van der Waals surface area contributed by atoms with Crippen molar-refractivity contribution < 1.29 is 13.9 Å². The van der Waals surface area contributed by atoms with Crippen molar-refractivity contribution in [3.05, 3.63) is 48.0 Å². The highest BCUT2D eigenvalue weighted by Crippen LogP contribution is 2.29. The molecule has 3 aromatic rings. The molecular weight excluding hydrogens is 392 g/mol. The molecular formula is C24H26N4O3. The number of piperidine rings is 1. The average Bonchev–Trinajstić information content (AvgIpc) is 3.23. The smallest absolute Gasteiger partial charge is 0.240 e. The van der Waals surface area contributed by atoms with Crippen molar-refractivity contribution in [3.63, 3.8) is 0 Å². The van der Waals surface area contributed by atoms with Crippen LogP contribution >= 0.6 is 0 Å². The minimum absolute atomic E-state index is 0.0359. The number of carbonyl (C=O) groups is 1. The third-order valence-electron chi connectivity index (χ3n) is 5.99. The van der Waals surface area contributed by atoms with Crippen LogP contribution in [0.15, 0.2) is 52.0 Å². The van der Waals surface area contributed by atoms with Gasteiger partial charge in [-0.05, 0) is 68.8 Å². The monoisotopic (exact) mass is 418 g/mol. The lowest BCUT2D eigenvalue weighted by Gasteiger charge is -2.23. The maximum Gasteiger partial charge on any atom is 0.240 e. The van der Waals surface area contributed by atoms with E-state index >= 15 is 0 Å². The molecule has 0 bridgehead atoms. The van der Waals surface area contributed by atoms with E-state index in [1.807, 2.05) is 42.5 Å². The lowest BCUT2D eigenvalue weighted by molar-refractivity contribution is -0.122. The van der Waals surface area contributed by atoms with Crippen LogP contribution in [-0.4, -0.2) is 35.8 Å². The van der Waals surface area contributed by atoms with Crippen molar-refractivity contribution in [1.82, 2.24) is 15.7 Å². The molecule has 0 saturated carbocycles. The number of rotatable bonds is 5. The topological polar surface area (TPSA) is 88.8 Å². The largest absolute Gasteiger partial charge is 0.490 e. The van der Waals surface area contributed by atoms with Gasteiger partial charge in [0.05, 0.1) is 5.71 Å². The highest BCUT2D eigenvalue weighted by atomic mass is 16.5. The zero-order valence-corrected chi connectivity index (χ0v) is 17.6. The normalized spacial score (nSPS) is 19.8. The first-order valence-electron chi connectivity index (χ1n) is 10.9. The minimum Gasteiger partial charge on any atom is -0.490 e. The maximum atomic E-state index is 11.7. The Morgan fingerprint density at radius 1 is 1.10 bits per heavy atom. The van der Waals surface area contributed by atoms with E-state index in [0.29, 0.717) is 17.9 Å². The maximum absolute atomic E-state index is 11.7. The summed E-state index contributed by atoms with van der Waals surface area (Å²) in [5.41, 5.74) is 6.84. The molecule has 2 aliphatic rings. The predicted molar refractivity (Wildman–Crippen MR) is 119 cm³/mol.